The molecule has 0 aliphatic heterocycles. The third kappa shape index (κ3) is 6.65. The van der Waals surface area contributed by atoms with Gasteiger partial charge in [0.15, 0.2) is 23.0 Å². The second-order valence-corrected chi connectivity index (χ2v) is 15.9. The first kappa shape index (κ1) is 40.3. The number of para-hydroxylation sites is 2. The van der Waals surface area contributed by atoms with E-state index in [1.54, 1.807) is 42.7 Å². The smallest absolute Gasteiger partial charge is 0.203 e. The minimum atomic E-state index is 0.533. The van der Waals surface area contributed by atoms with Crippen LogP contribution < -0.4 is 38.2 Å². The molecular weight excluding hydrogens is 829 g/mol. The molecule has 11 rings (SSSR count). The summed E-state index contributed by atoms with van der Waals surface area (Å²) in [5.74, 6) is 3.33. The van der Waals surface area contributed by atoms with Crippen LogP contribution in [-0.4, -0.2) is 42.7 Å². The van der Waals surface area contributed by atoms with Crippen molar-refractivity contribution in [3.05, 3.63) is 158 Å². The molecule has 0 aliphatic rings. The number of hydrogen-bond acceptors (Lipinski definition) is 10. The van der Waals surface area contributed by atoms with Gasteiger partial charge in [-0.05, 0) is 106 Å². The number of rotatable bonds is 12. The Hall–Kier alpha value is -8.50. The molecule has 0 atom stereocenters. The van der Waals surface area contributed by atoms with Crippen LogP contribution in [0.25, 0.3) is 65.4 Å². The van der Waals surface area contributed by atoms with E-state index in [1.807, 2.05) is 60.7 Å². The van der Waals surface area contributed by atoms with Crippen molar-refractivity contribution < 1.29 is 37.3 Å². The SMILES string of the molecule is COc1cc(N(c2ccccc2)c2ccc3cc4c(cc3c2)oc2cc3c(cc24)oc2cc4cc(N(c5ccccc5)c5cc(OC)c(OC)c(OC)c5)ccc4cc23)cc(OC)c1OC. The van der Waals surface area contributed by atoms with Crippen molar-refractivity contribution in [1.82, 2.24) is 0 Å². The number of methoxy groups -OCH3 is 6. The van der Waals surface area contributed by atoms with Gasteiger partial charge in [0.25, 0.3) is 0 Å². The van der Waals surface area contributed by atoms with E-state index in [1.165, 1.54) is 0 Å². The first-order valence-corrected chi connectivity index (χ1v) is 21.4. The summed E-state index contributed by atoms with van der Waals surface area (Å²) in [6.07, 6.45) is 0. The summed E-state index contributed by atoms with van der Waals surface area (Å²) in [5.41, 5.74) is 8.73. The number of nitrogens with zero attached hydrogens (tertiary/aromatic N) is 2. The van der Waals surface area contributed by atoms with Gasteiger partial charge in [-0.2, -0.15) is 0 Å². The summed E-state index contributed by atoms with van der Waals surface area (Å²) in [4.78, 5) is 4.34. The molecule has 9 aromatic carbocycles. The van der Waals surface area contributed by atoms with Crippen molar-refractivity contribution in [1.29, 1.82) is 0 Å². The highest BCUT2D eigenvalue weighted by molar-refractivity contribution is 6.18. The average Bonchev–Trinajstić information content (AvgIpc) is 3.89. The number of benzene rings is 9. The predicted molar refractivity (Wildman–Crippen MR) is 265 cm³/mol. The number of furan rings is 2. The quantitative estimate of drug-likeness (QED) is 0.118. The van der Waals surface area contributed by atoms with E-state index in [-0.39, 0.29) is 0 Å². The van der Waals surface area contributed by atoms with Crippen LogP contribution in [-0.2, 0) is 0 Å². The fourth-order valence-corrected chi connectivity index (χ4v) is 9.22. The van der Waals surface area contributed by atoms with Crippen LogP contribution >= 0.6 is 0 Å². The molecule has 0 radical (unpaired) electrons. The van der Waals surface area contributed by atoms with Gasteiger partial charge >= 0.3 is 0 Å². The van der Waals surface area contributed by atoms with Crippen LogP contribution in [0.5, 0.6) is 34.5 Å². The monoisotopic (exact) mass is 872 g/mol. The van der Waals surface area contributed by atoms with E-state index in [0.29, 0.717) is 34.5 Å². The number of hydrogen-bond donors (Lipinski definition) is 0. The lowest BCUT2D eigenvalue weighted by atomic mass is 10.0. The maximum absolute atomic E-state index is 6.67. The van der Waals surface area contributed by atoms with E-state index < -0.39 is 0 Å². The molecule has 66 heavy (non-hydrogen) atoms. The van der Waals surface area contributed by atoms with Gasteiger partial charge in [-0.3, -0.25) is 0 Å². The fourth-order valence-electron chi connectivity index (χ4n) is 9.22. The van der Waals surface area contributed by atoms with Gasteiger partial charge in [-0.15, -0.1) is 0 Å². The van der Waals surface area contributed by atoms with Crippen molar-refractivity contribution in [2.45, 2.75) is 0 Å². The average molecular weight is 873 g/mol. The Morgan fingerprint density at radius 1 is 0.288 bits per heavy atom. The molecule has 11 aromatic rings. The Kier molecular flexibility index (Phi) is 9.92. The highest BCUT2D eigenvalue weighted by Crippen LogP contribution is 2.48. The summed E-state index contributed by atoms with van der Waals surface area (Å²) in [7, 11) is 9.72. The van der Waals surface area contributed by atoms with Gasteiger partial charge in [0, 0.05) is 68.6 Å². The van der Waals surface area contributed by atoms with Gasteiger partial charge in [0.2, 0.25) is 11.5 Å². The van der Waals surface area contributed by atoms with Crippen LogP contribution in [0.3, 0.4) is 0 Å². The van der Waals surface area contributed by atoms with Crippen molar-refractivity contribution in [3.8, 4) is 34.5 Å². The largest absolute Gasteiger partial charge is 0.493 e. The fraction of sp³-hybridized carbons (Fsp3) is 0.107. The molecule has 10 heteroatoms. The van der Waals surface area contributed by atoms with E-state index >= 15 is 0 Å². The number of fused-ring (bicyclic) bond motifs is 8. The molecule has 0 unspecified atom stereocenters. The van der Waals surface area contributed by atoms with E-state index in [2.05, 4.69) is 107 Å². The molecule has 0 bridgehead atoms. The zero-order valence-corrected chi connectivity index (χ0v) is 37.2. The van der Waals surface area contributed by atoms with Crippen molar-refractivity contribution >= 4 is 99.5 Å². The second kappa shape index (κ2) is 16.2. The number of ether oxygens (including phenoxy) is 6. The molecule has 0 spiro atoms. The molecule has 0 N–H and O–H groups in total. The predicted octanol–water partition coefficient (Wildman–Crippen LogP) is 14.8. The highest BCUT2D eigenvalue weighted by Gasteiger charge is 2.23. The number of anilines is 6. The zero-order valence-electron chi connectivity index (χ0n) is 37.2. The molecule has 0 aliphatic carbocycles. The van der Waals surface area contributed by atoms with Gasteiger partial charge in [0.1, 0.15) is 22.3 Å². The van der Waals surface area contributed by atoms with Gasteiger partial charge in [0.05, 0.1) is 54.0 Å². The Bertz CT molecular complexity index is 3350. The summed E-state index contributed by atoms with van der Waals surface area (Å²) < 4.78 is 47.6. The molecule has 0 saturated carbocycles. The second-order valence-electron chi connectivity index (χ2n) is 15.9. The molecule has 2 aromatic heterocycles. The van der Waals surface area contributed by atoms with Crippen molar-refractivity contribution in [3.63, 3.8) is 0 Å². The summed E-state index contributed by atoms with van der Waals surface area (Å²) >= 11 is 0. The van der Waals surface area contributed by atoms with Gasteiger partial charge in [-0.25, -0.2) is 0 Å². The Morgan fingerprint density at radius 2 is 0.636 bits per heavy atom. The van der Waals surface area contributed by atoms with Gasteiger partial charge in [-0.1, -0.05) is 48.5 Å². The highest BCUT2D eigenvalue weighted by atomic mass is 16.5. The molecule has 0 amide bonds. The van der Waals surface area contributed by atoms with Crippen LogP contribution in [0.15, 0.2) is 167 Å². The Labute approximate surface area is 380 Å². The van der Waals surface area contributed by atoms with Crippen LogP contribution in [0.2, 0.25) is 0 Å². The maximum Gasteiger partial charge on any atom is 0.203 e. The summed E-state index contributed by atoms with van der Waals surface area (Å²) in [6.45, 7) is 0. The van der Waals surface area contributed by atoms with E-state index in [4.69, 9.17) is 37.3 Å². The Balaban J connectivity index is 0.995. The Morgan fingerprint density at radius 3 is 0.985 bits per heavy atom. The van der Waals surface area contributed by atoms with E-state index in [9.17, 15) is 0 Å². The van der Waals surface area contributed by atoms with Gasteiger partial charge < -0.3 is 47.1 Å². The topological polar surface area (TPSA) is 88.1 Å². The molecule has 326 valence electrons. The third-order valence-corrected chi connectivity index (χ3v) is 12.3. The third-order valence-electron chi connectivity index (χ3n) is 12.3. The molecule has 2 heterocycles. The molecule has 10 nitrogen and oxygen atoms in total. The van der Waals surface area contributed by atoms with E-state index in [0.717, 1.165) is 99.5 Å². The lowest BCUT2D eigenvalue weighted by Crippen LogP contribution is -2.10. The minimum absolute atomic E-state index is 0.533. The van der Waals surface area contributed by atoms with Crippen molar-refractivity contribution in [2.75, 3.05) is 52.5 Å². The summed E-state index contributed by atoms with van der Waals surface area (Å²) in [6, 6.07) is 54.0. The zero-order chi connectivity index (χ0) is 45.1. The van der Waals surface area contributed by atoms with Crippen LogP contribution in [0.4, 0.5) is 34.1 Å². The molecule has 0 fully saturated rings. The lowest BCUT2D eigenvalue weighted by molar-refractivity contribution is 0.324. The van der Waals surface area contributed by atoms with Crippen molar-refractivity contribution in [2.24, 2.45) is 0 Å². The van der Waals surface area contributed by atoms with Crippen LogP contribution in [0.1, 0.15) is 0 Å². The molecular formula is C56H44N2O8. The molecule has 0 saturated heterocycles. The normalized spacial score (nSPS) is 11.5. The van der Waals surface area contributed by atoms with Crippen LogP contribution in [0, 0.1) is 0 Å². The standard InChI is InChI=1S/C56H44N2O8/c1-59-51-27-41(28-52(60-2)55(51)63-5)57(37-13-9-7-10-14-37)39-19-17-33-23-43-45-31-50-46(32-49(45)65-47(43)25-35(33)21-39)44-24-34-18-20-40(22-36(34)26-48(44)66-50)58(38-15-11-8-12-16-38)42-29-53(61-3)56(64-6)54(30-42)62-4/h7-32H,1-6H3. The summed E-state index contributed by atoms with van der Waals surface area (Å²) in [5, 5.41) is 8.22. The maximum atomic E-state index is 6.67. The first-order valence-electron chi connectivity index (χ1n) is 21.4. The lowest BCUT2D eigenvalue weighted by Gasteiger charge is -2.27. The first-order chi connectivity index (χ1) is 32.4. The minimum Gasteiger partial charge on any atom is -0.493 e.